The summed E-state index contributed by atoms with van der Waals surface area (Å²) in [4.78, 5) is 16.3. The smallest absolute Gasteiger partial charge is 0.220 e. The number of ether oxygens (including phenoxy) is 1. The highest BCUT2D eigenvalue weighted by atomic mass is 16.5. The van der Waals surface area contributed by atoms with E-state index in [1.807, 2.05) is 44.2 Å². The first-order chi connectivity index (χ1) is 12.1. The molecule has 0 aliphatic carbocycles. The fourth-order valence-electron chi connectivity index (χ4n) is 2.64. The predicted molar refractivity (Wildman–Crippen MR) is 96.6 cm³/mol. The first-order valence-electron chi connectivity index (χ1n) is 8.39. The van der Waals surface area contributed by atoms with Crippen LogP contribution in [-0.4, -0.2) is 34.2 Å². The maximum absolute atomic E-state index is 11.9. The number of carbonyl (C=O) groups excluding carboxylic acids is 1. The normalized spacial score (nSPS) is 10.8. The Morgan fingerprint density at radius 1 is 1.24 bits per heavy atom. The second-order valence-electron chi connectivity index (χ2n) is 5.95. The Morgan fingerprint density at radius 3 is 2.88 bits per heavy atom. The van der Waals surface area contributed by atoms with Crippen LogP contribution in [0.3, 0.4) is 0 Å². The van der Waals surface area contributed by atoms with Crippen molar-refractivity contribution in [3.8, 4) is 5.75 Å². The summed E-state index contributed by atoms with van der Waals surface area (Å²) in [5, 5.41) is 11.1. The molecule has 25 heavy (non-hydrogen) atoms. The van der Waals surface area contributed by atoms with E-state index in [1.54, 1.807) is 6.20 Å². The molecule has 0 saturated heterocycles. The van der Waals surface area contributed by atoms with Crippen LogP contribution in [0.1, 0.15) is 23.4 Å². The molecule has 0 spiro atoms. The van der Waals surface area contributed by atoms with Gasteiger partial charge in [-0.05, 0) is 31.5 Å². The Morgan fingerprint density at radius 2 is 2.08 bits per heavy atom. The van der Waals surface area contributed by atoms with Crippen LogP contribution in [0.25, 0.3) is 10.9 Å². The summed E-state index contributed by atoms with van der Waals surface area (Å²) in [6.45, 7) is 4.85. The minimum absolute atomic E-state index is 0.000280. The Hall–Kier alpha value is -2.89. The SMILES string of the molecule is Cc1[nH]nc(CCC(=O)NCCOc2cccc3cccnc23)c1C. The molecule has 0 aliphatic rings. The Labute approximate surface area is 146 Å². The number of para-hydroxylation sites is 1. The summed E-state index contributed by atoms with van der Waals surface area (Å²) in [5.41, 5.74) is 3.96. The van der Waals surface area contributed by atoms with Gasteiger partial charge in [-0.25, -0.2) is 0 Å². The molecule has 6 heteroatoms. The van der Waals surface area contributed by atoms with E-state index < -0.39 is 0 Å². The van der Waals surface area contributed by atoms with E-state index in [4.69, 9.17) is 4.74 Å². The highest BCUT2D eigenvalue weighted by Gasteiger charge is 2.08. The highest BCUT2D eigenvalue weighted by molar-refractivity contribution is 5.84. The maximum atomic E-state index is 11.9. The van der Waals surface area contributed by atoms with Crippen LogP contribution < -0.4 is 10.1 Å². The Kier molecular flexibility index (Phi) is 5.28. The lowest BCUT2D eigenvalue weighted by atomic mass is 10.1. The van der Waals surface area contributed by atoms with Gasteiger partial charge < -0.3 is 10.1 Å². The minimum Gasteiger partial charge on any atom is -0.489 e. The van der Waals surface area contributed by atoms with Gasteiger partial charge in [-0.2, -0.15) is 5.10 Å². The summed E-state index contributed by atoms with van der Waals surface area (Å²) < 4.78 is 5.76. The topological polar surface area (TPSA) is 79.9 Å². The van der Waals surface area contributed by atoms with Crippen LogP contribution in [0.4, 0.5) is 0 Å². The molecule has 0 radical (unpaired) electrons. The molecule has 3 aromatic rings. The lowest BCUT2D eigenvalue weighted by molar-refractivity contribution is -0.121. The van der Waals surface area contributed by atoms with E-state index in [0.717, 1.165) is 33.6 Å². The summed E-state index contributed by atoms with van der Waals surface area (Å²) in [6, 6.07) is 9.71. The van der Waals surface area contributed by atoms with Gasteiger partial charge in [0.2, 0.25) is 5.91 Å². The Bertz CT molecular complexity index is 867. The van der Waals surface area contributed by atoms with E-state index in [-0.39, 0.29) is 5.91 Å². The van der Waals surface area contributed by atoms with E-state index in [2.05, 4.69) is 20.5 Å². The lowest BCUT2D eigenvalue weighted by Crippen LogP contribution is -2.28. The monoisotopic (exact) mass is 338 g/mol. The van der Waals surface area contributed by atoms with Gasteiger partial charge in [0.15, 0.2) is 0 Å². The molecular formula is C19H22N4O2. The maximum Gasteiger partial charge on any atom is 0.220 e. The number of fused-ring (bicyclic) bond motifs is 1. The third kappa shape index (κ3) is 4.15. The van der Waals surface area contributed by atoms with Gasteiger partial charge in [-0.15, -0.1) is 0 Å². The molecule has 2 aromatic heterocycles. The summed E-state index contributed by atoms with van der Waals surface area (Å²) in [5.74, 6) is 0.731. The van der Waals surface area contributed by atoms with Crippen molar-refractivity contribution in [2.45, 2.75) is 26.7 Å². The molecule has 6 nitrogen and oxygen atoms in total. The molecule has 3 rings (SSSR count). The highest BCUT2D eigenvalue weighted by Crippen LogP contribution is 2.22. The minimum atomic E-state index is -0.000280. The lowest BCUT2D eigenvalue weighted by Gasteiger charge is -2.09. The number of rotatable bonds is 7. The number of nitrogens with zero attached hydrogens (tertiary/aromatic N) is 2. The van der Waals surface area contributed by atoms with E-state index in [9.17, 15) is 4.79 Å². The van der Waals surface area contributed by atoms with Crippen molar-refractivity contribution < 1.29 is 9.53 Å². The van der Waals surface area contributed by atoms with Crippen molar-refractivity contribution in [2.75, 3.05) is 13.2 Å². The number of amides is 1. The second kappa shape index (κ2) is 7.79. The molecule has 0 aliphatic heterocycles. The van der Waals surface area contributed by atoms with Crippen molar-refractivity contribution in [3.05, 3.63) is 53.5 Å². The first kappa shape index (κ1) is 17.0. The van der Waals surface area contributed by atoms with E-state index >= 15 is 0 Å². The van der Waals surface area contributed by atoms with Crippen molar-refractivity contribution in [2.24, 2.45) is 0 Å². The molecule has 130 valence electrons. The van der Waals surface area contributed by atoms with Gasteiger partial charge in [0.25, 0.3) is 0 Å². The molecule has 0 bridgehead atoms. The molecule has 0 fully saturated rings. The van der Waals surface area contributed by atoms with E-state index in [0.29, 0.717) is 26.0 Å². The van der Waals surface area contributed by atoms with Gasteiger partial charge in [0.1, 0.15) is 17.9 Å². The van der Waals surface area contributed by atoms with E-state index in [1.165, 1.54) is 0 Å². The standard InChI is InChI=1S/C19H22N4O2/c1-13-14(2)22-23-16(13)8-9-18(24)20-11-12-25-17-7-3-5-15-6-4-10-21-19(15)17/h3-7,10H,8-9,11-12H2,1-2H3,(H,20,24)(H,22,23). The molecule has 0 saturated carbocycles. The number of carbonyl (C=O) groups is 1. The van der Waals surface area contributed by atoms with Crippen molar-refractivity contribution >= 4 is 16.8 Å². The second-order valence-corrected chi connectivity index (χ2v) is 5.95. The molecule has 0 unspecified atom stereocenters. The number of aryl methyl sites for hydroxylation is 2. The molecule has 0 atom stereocenters. The van der Waals surface area contributed by atoms with Crippen molar-refractivity contribution in [1.82, 2.24) is 20.5 Å². The zero-order valence-corrected chi connectivity index (χ0v) is 14.5. The predicted octanol–water partition coefficient (Wildman–Crippen LogP) is 2.70. The van der Waals surface area contributed by atoms with Crippen molar-refractivity contribution in [3.63, 3.8) is 0 Å². The summed E-state index contributed by atoms with van der Waals surface area (Å²) in [6.07, 6.45) is 2.80. The van der Waals surface area contributed by atoms with Crippen LogP contribution in [0.5, 0.6) is 5.75 Å². The average Bonchev–Trinajstić information content (AvgIpc) is 2.95. The third-order valence-electron chi connectivity index (χ3n) is 4.22. The number of pyridine rings is 1. The number of aromatic amines is 1. The number of aromatic nitrogens is 3. The zero-order valence-electron chi connectivity index (χ0n) is 14.5. The summed E-state index contributed by atoms with van der Waals surface area (Å²) >= 11 is 0. The molecule has 1 aromatic carbocycles. The van der Waals surface area contributed by atoms with Gasteiger partial charge in [-0.1, -0.05) is 18.2 Å². The number of hydrogen-bond donors (Lipinski definition) is 2. The third-order valence-corrected chi connectivity index (χ3v) is 4.22. The quantitative estimate of drug-likeness (QED) is 0.649. The average molecular weight is 338 g/mol. The van der Waals surface area contributed by atoms with Gasteiger partial charge in [0.05, 0.1) is 12.2 Å². The number of hydrogen-bond acceptors (Lipinski definition) is 4. The van der Waals surface area contributed by atoms with Gasteiger partial charge >= 0.3 is 0 Å². The van der Waals surface area contributed by atoms with Gasteiger partial charge in [0, 0.05) is 30.1 Å². The fraction of sp³-hybridized carbons (Fsp3) is 0.316. The molecule has 2 heterocycles. The Balaban J connectivity index is 1.43. The van der Waals surface area contributed by atoms with Crippen LogP contribution in [0, 0.1) is 13.8 Å². The fourth-order valence-corrected chi connectivity index (χ4v) is 2.64. The first-order valence-corrected chi connectivity index (χ1v) is 8.39. The van der Waals surface area contributed by atoms with Crippen LogP contribution >= 0.6 is 0 Å². The van der Waals surface area contributed by atoms with Crippen LogP contribution in [0.2, 0.25) is 0 Å². The molecule has 1 amide bonds. The van der Waals surface area contributed by atoms with Crippen LogP contribution in [0.15, 0.2) is 36.5 Å². The van der Waals surface area contributed by atoms with Gasteiger partial charge in [-0.3, -0.25) is 14.9 Å². The number of H-pyrrole nitrogens is 1. The van der Waals surface area contributed by atoms with Crippen LogP contribution in [-0.2, 0) is 11.2 Å². The number of nitrogens with one attached hydrogen (secondary N) is 2. The van der Waals surface area contributed by atoms with Crippen molar-refractivity contribution in [1.29, 1.82) is 0 Å². The number of benzene rings is 1. The largest absolute Gasteiger partial charge is 0.489 e. The molecular weight excluding hydrogens is 316 g/mol. The molecule has 2 N–H and O–H groups in total. The summed E-state index contributed by atoms with van der Waals surface area (Å²) in [7, 11) is 0. The zero-order chi connectivity index (χ0) is 17.6.